The number of hydrogen-bond acceptors (Lipinski definition) is 7. The summed E-state index contributed by atoms with van der Waals surface area (Å²) in [4.78, 5) is 10.9. The molecule has 0 heterocycles. The van der Waals surface area contributed by atoms with Gasteiger partial charge < -0.3 is 15.6 Å². The summed E-state index contributed by atoms with van der Waals surface area (Å²) in [5.74, 6) is 0.634. The first-order valence-corrected chi connectivity index (χ1v) is 11.7. The molecule has 0 aliphatic carbocycles. The van der Waals surface area contributed by atoms with E-state index in [-0.39, 0.29) is 68.7 Å². The Bertz CT molecular complexity index is 693. The molecule has 0 radical (unpaired) electrons. The number of nitro benzene ring substituents is 1. The molecule has 0 amide bonds. The lowest BCUT2D eigenvalue weighted by atomic mass is 10.0. The highest BCUT2D eigenvalue weighted by molar-refractivity contribution is 7.53. The van der Waals surface area contributed by atoms with Crippen molar-refractivity contribution in [1.82, 2.24) is 4.67 Å². The standard InChI is InChI=1S/C16H27Cl2N4O6P/c17-5-8-21(9-6-18)29(20,26)28-16(2-1-10-23)14-12-13(27-11-7-19)3-4-15(14)22(24)25/h3-4,12,16,23H,1-2,5-11,19H2,(H2,20,26). The van der Waals surface area contributed by atoms with E-state index >= 15 is 0 Å². The highest BCUT2D eigenvalue weighted by Gasteiger charge is 2.33. The van der Waals surface area contributed by atoms with Crippen molar-refractivity contribution in [3.05, 3.63) is 33.9 Å². The van der Waals surface area contributed by atoms with Gasteiger partial charge in [-0.1, -0.05) is 0 Å². The minimum absolute atomic E-state index is 0.139. The lowest BCUT2D eigenvalue weighted by Gasteiger charge is -2.30. The Kier molecular flexibility index (Phi) is 12.0. The maximum absolute atomic E-state index is 13.1. The summed E-state index contributed by atoms with van der Waals surface area (Å²) in [6.07, 6.45) is -0.622. The maximum atomic E-state index is 13.1. The van der Waals surface area contributed by atoms with Crippen LogP contribution in [0.3, 0.4) is 0 Å². The summed E-state index contributed by atoms with van der Waals surface area (Å²) in [7, 11) is -3.88. The number of nitrogens with zero attached hydrogens (tertiary/aromatic N) is 2. The van der Waals surface area contributed by atoms with Gasteiger partial charge in [-0.05, 0) is 25.0 Å². The van der Waals surface area contributed by atoms with Crippen molar-refractivity contribution in [2.45, 2.75) is 18.9 Å². The van der Waals surface area contributed by atoms with E-state index in [1.165, 1.54) is 22.9 Å². The first-order chi connectivity index (χ1) is 13.8. The number of benzene rings is 1. The number of hydrogen-bond donors (Lipinski definition) is 3. The minimum Gasteiger partial charge on any atom is -0.492 e. The molecule has 166 valence electrons. The van der Waals surface area contributed by atoms with Gasteiger partial charge in [-0.3, -0.25) is 19.2 Å². The van der Waals surface area contributed by atoms with Crippen LogP contribution in [0.5, 0.6) is 5.75 Å². The van der Waals surface area contributed by atoms with Gasteiger partial charge in [0.2, 0.25) is 0 Å². The molecule has 0 aliphatic rings. The number of ether oxygens (including phenoxy) is 1. The number of aliphatic hydroxyl groups excluding tert-OH is 1. The van der Waals surface area contributed by atoms with E-state index in [1.54, 1.807) is 0 Å². The molecule has 29 heavy (non-hydrogen) atoms. The van der Waals surface area contributed by atoms with Crippen LogP contribution < -0.4 is 16.0 Å². The zero-order valence-corrected chi connectivity index (χ0v) is 18.3. The van der Waals surface area contributed by atoms with Gasteiger partial charge >= 0.3 is 7.67 Å². The summed E-state index contributed by atoms with van der Waals surface area (Å²) in [5, 5.41) is 20.7. The lowest BCUT2D eigenvalue weighted by Crippen LogP contribution is -2.30. The first kappa shape index (κ1) is 26.1. The molecule has 0 aromatic heterocycles. The van der Waals surface area contributed by atoms with Gasteiger partial charge in [-0.2, -0.15) is 0 Å². The van der Waals surface area contributed by atoms with Gasteiger partial charge in [0.1, 0.15) is 12.4 Å². The Morgan fingerprint density at radius 3 is 2.48 bits per heavy atom. The summed E-state index contributed by atoms with van der Waals surface area (Å²) in [6.45, 7) is 0.626. The van der Waals surface area contributed by atoms with E-state index in [2.05, 4.69) is 0 Å². The second kappa shape index (κ2) is 13.4. The number of nitrogens with two attached hydrogens (primary N) is 2. The van der Waals surface area contributed by atoms with Crippen molar-refractivity contribution in [2.75, 3.05) is 44.6 Å². The van der Waals surface area contributed by atoms with E-state index < -0.39 is 18.7 Å². The zero-order valence-electron chi connectivity index (χ0n) is 15.9. The molecule has 1 rings (SSSR count). The Morgan fingerprint density at radius 2 is 1.97 bits per heavy atom. The average molecular weight is 473 g/mol. The Morgan fingerprint density at radius 1 is 1.31 bits per heavy atom. The maximum Gasteiger partial charge on any atom is 0.341 e. The van der Waals surface area contributed by atoms with E-state index in [0.717, 1.165) is 0 Å². The van der Waals surface area contributed by atoms with Crippen molar-refractivity contribution < 1.29 is 23.9 Å². The highest BCUT2D eigenvalue weighted by atomic mass is 35.5. The minimum atomic E-state index is -3.88. The molecule has 0 saturated carbocycles. The summed E-state index contributed by atoms with van der Waals surface area (Å²) in [6, 6.07) is 4.15. The van der Waals surface area contributed by atoms with Gasteiger partial charge in [0.05, 0.1) is 16.6 Å². The number of halogens is 2. The molecular formula is C16H27Cl2N4O6P. The summed E-state index contributed by atoms with van der Waals surface area (Å²) >= 11 is 11.5. The summed E-state index contributed by atoms with van der Waals surface area (Å²) < 4.78 is 25.5. The van der Waals surface area contributed by atoms with Gasteiger partial charge in [0.25, 0.3) is 5.69 Å². The van der Waals surface area contributed by atoms with Crippen LogP contribution in [0.25, 0.3) is 0 Å². The second-order valence-corrected chi connectivity index (χ2v) is 8.63. The zero-order chi connectivity index (χ0) is 21.9. The number of alkyl halides is 2. The monoisotopic (exact) mass is 472 g/mol. The van der Waals surface area contributed by atoms with E-state index in [9.17, 15) is 19.8 Å². The predicted octanol–water partition coefficient (Wildman–Crippen LogP) is 2.61. The molecule has 13 heteroatoms. The van der Waals surface area contributed by atoms with Crippen LogP contribution in [0.2, 0.25) is 0 Å². The van der Waals surface area contributed by atoms with E-state index in [4.69, 9.17) is 43.7 Å². The SMILES string of the molecule is NCCOc1ccc([N+](=O)[O-])c(C(CCCO)OP(N)(=O)N(CCCl)CCCl)c1. The molecule has 0 aliphatic heterocycles. The highest BCUT2D eigenvalue weighted by Crippen LogP contribution is 2.49. The summed E-state index contributed by atoms with van der Waals surface area (Å²) in [5.41, 5.74) is 11.3. The van der Waals surface area contributed by atoms with Crippen LogP contribution in [0.15, 0.2) is 18.2 Å². The normalized spacial score (nSPS) is 14.6. The van der Waals surface area contributed by atoms with Crippen LogP contribution in [0, 0.1) is 10.1 Å². The smallest absolute Gasteiger partial charge is 0.341 e. The van der Waals surface area contributed by atoms with Crippen LogP contribution in [-0.4, -0.2) is 59.3 Å². The Balaban J connectivity index is 3.31. The van der Waals surface area contributed by atoms with Crippen molar-refractivity contribution in [2.24, 2.45) is 11.2 Å². The van der Waals surface area contributed by atoms with Crippen molar-refractivity contribution in [3.8, 4) is 5.75 Å². The third kappa shape index (κ3) is 8.35. The molecule has 2 unspecified atom stereocenters. The molecule has 1 aromatic carbocycles. The largest absolute Gasteiger partial charge is 0.492 e. The quantitative estimate of drug-likeness (QED) is 0.151. The van der Waals surface area contributed by atoms with Crippen molar-refractivity contribution in [3.63, 3.8) is 0 Å². The fourth-order valence-electron chi connectivity index (χ4n) is 2.60. The van der Waals surface area contributed by atoms with E-state index in [0.29, 0.717) is 5.75 Å². The molecule has 5 N–H and O–H groups in total. The van der Waals surface area contributed by atoms with Crippen LogP contribution >= 0.6 is 30.9 Å². The second-order valence-electron chi connectivity index (χ2n) is 5.97. The molecule has 2 atom stereocenters. The predicted molar refractivity (Wildman–Crippen MR) is 113 cm³/mol. The van der Waals surface area contributed by atoms with Gasteiger partial charge in [0, 0.05) is 44.1 Å². The number of rotatable bonds is 15. The number of nitro groups is 1. The third-order valence-corrected chi connectivity index (χ3v) is 5.99. The van der Waals surface area contributed by atoms with E-state index in [1.807, 2.05) is 0 Å². The fraction of sp³-hybridized carbons (Fsp3) is 0.625. The van der Waals surface area contributed by atoms with Crippen LogP contribution in [-0.2, 0) is 9.09 Å². The average Bonchev–Trinajstić information content (AvgIpc) is 2.69. The van der Waals surface area contributed by atoms with Gasteiger partial charge in [-0.15, -0.1) is 23.2 Å². The first-order valence-electron chi connectivity index (χ1n) is 8.97. The molecule has 10 nitrogen and oxygen atoms in total. The third-order valence-electron chi connectivity index (χ3n) is 3.91. The molecule has 0 bridgehead atoms. The molecule has 0 spiro atoms. The topological polar surface area (TPSA) is 154 Å². The molecular weight excluding hydrogens is 446 g/mol. The van der Waals surface area contributed by atoms with Crippen molar-refractivity contribution in [1.29, 1.82) is 0 Å². The van der Waals surface area contributed by atoms with Crippen LogP contribution in [0.1, 0.15) is 24.5 Å². The van der Waals surface area contributed by atoms with Gasteiger partial charge in [0.15, 0.2) is 0 Å². The number of aliphatic hydroxyl groups is 1. The lowest BCUT2D eigenvalue weighted by molar-refractivity contribution is -0.386. The Hall–Kier alpha value is -0.970. The molecule has 1 aromatic rings. The molecule has 0 fully saturated rings. The van der Waals surface area contributed by atoms with Crippen molar-refractivity contribution >= 4 is 36.6 Å². The van der Waals surface area contributed by atoms with Gasteiger partial charge in [-0.25, -0.2) is 10.2 Å². The fourth-order valence-corrected chi connectivity index (χ4v) is 4.72. The Labute approximate surface area is 179 Å². The molecule has 0 saturated heterocycles. The van der Waals surface area contributed by atoms with Crippen LogP contribution in [0.4, 0.5) is 5.69 Å².